The van der Waals surface area contributed by atoms with Crippen LogP contribution in [-0.4, -0.2) is 11.6 Å². The van der Waals surface area contributed by atoms with Gasteiger partial charge >= 0.3 is 0 Å². The maximum absolute atomic E-state index is 12.7. The van der Waals surface area contributed by atoms with Crippen LogP contribution in [0.4, 0.5) is 0 Å². The zero-order valence-electron chi connectivity index (χ0n) is 12.8. The zero-order valence-corrected chi connectivity index (χ0v) is 12.8. The minimum Gasteiger partial charge on any atom is -0.290 e. The standard InChI is InChI=1S/C22H12O2/c23-21-15-9-7-11-3-1-5-13-14-6-2-4-12-8-10-16(22(21)24)20(18(12)14)19(15)17(11)13/h1-9,16H,10H2. The average Bonchev–Trinajstić information content (AvgIpc) is 2.63. The molecule has 0 bridgehead atoms. The predicted molar refractivity (Wildman–Crippen MR) is 95.3 cm³/mol. The van der Waals surface area contributed by atoms with Crippen molar-refractivity contribution in [2.24, 2.45) is 0 Å². The lowest BCUT2D eigenvalue weighted by atomic mass is 9.72. The monoisotopic (exact) mass is 308 g/mol. The molecule has 24 heavy (non-hydrogen) atoms. The minimum atomic E-state index is -0.327. The molecule has 0 aromatic heterocycles. The molecule has 1 unspecified atom stereocenters. The molecule has 2 heteroatoms. The molecule has 0 fully saturated rings. The number of ketones is 2. The molecule has 2 aliphatic rings. The van der Waals surface area contributed by atoms with E-state index >= 15 is 0 Å². The van der Waals surface area contributed by atoms with E-state index in [1.54, 1.807) is 0 Å². The fraction of sp³-hybridized carbons (Fsp3) is 0.0909. The Labute approximate surface area is 137 Å². The van der Waals surface area contributed by atoms with Crippen molar-refractivity contribution in [1.29, 1.82) is 0 Å². The lowest BCUT2D eigenvalue weighted by Gasteiger charge is -2.28. The minimum absolute atomic E-state index is 0.257. The van der Waals surface area contributed by atoms with Crippen molar-refractivity contribution in [2.75, 3.05) is 0 Å². The van der Waals surface area contributed by atoms with Gasteiger partial charge in [0.2, 0.25) is 11.6 Å². The summed E-state index contributed by atoms with van der Waals surface area (Å²) in [6.45, 7) is 0. The van der Waals surface area contributed by atoms with E-state index in [1.165, 1.54) is 16.0 Å². The Balaban J connectivity index is 2.09. The molecule has 6 rings (SSSR count). The van der Waals surface area contributed by atoms with Gasteiger partial charge in [-0.25, -0.2) is 0 Å². The van der Waals surface area contributed by atoms with Crippen LogP contribution in [0, 0.1) is 0 Å². The normalized spacial score (nSPS) is 18.8. The first-order chi connectivity index (χ1) is 11.8. The second kappa shape index (κ2) is 3.90. The molecule has 4 aromatic carbocycles. The van der Waals surface area contributed by atoms with Gasteiger partial charge in [-0.3, -0.25) is 9.59 Å². The molecule has 0 saturated carbocycles. The molecule has 0 saturated heterocycles. The van der Waals surface area contributed by atoms with E-state index < -0.39 is 0 Å². The smallest absolute Gasteiger partial charge is 0.229 e. The van der Waals surface area contributed by atoms with E-state index in [0.717, 1.165) is 27.1 Å². The second-order valence-electron chi connectivity index (χ2n) is 6.76. The fourth-order valence-electron chi connectivity index (χ4n) is 4.70. The summed E-state index contributed by atoms with van der Waals surface area (Å²) in [4.78, 5) is 25.4. The van der Waals surface area contributed by atoms with Gasteiger partial charge in [-0.1, -0.05) is 48.5 Å². The van der Waals surface area contributed by atoms with Crippen molar-refractivity contribution in [3.05, 3.63) is 64.9 Å². The molecule has 1 atom stereocenters. The van der Waals surface area contributed by atoms with Gasteiger partial charge in [-0.05, 0) is 55.6 Å². The first kappa shape index (κ1) is 12.4. The zero-order chi connectivity index (χ0) is 16.0. The van der Waals surface area contributed by atoms with Crippen molar-refractivity contribution in [1.82, 2.24) is 0 Å². The quantitative estimate of drug-likeness (QED) is 0.280. The summed E-state index contributed by atoms with van der Waals surface area (Å²) in [5, 5.41) is 7.95. The Morgan fingerprint density at radius 3 is 2.46 bits per heavy atom. The maximum atomic E-state index is 12.7. The Morgan fingerprint density at radius 1 is 0.792 bits per heavy atom. The number of Topliss-reactive ketones (excluding diaryl/α,β-unsaturated/α-hetero) is 2. The van der Waals surface area contributed by atoms with Gasteiger partial charge in [0, 0.05) is 5.56 Å². The van der Waals surface area contributed by atoms with Crippen molar-refractivity contribution in [3.63, 3.8) is 0 Å². The van der Waals surface area contributed by atoms with Crippen molar-refractivity contribution in [3.8, 4) is 0 Å². The van der Waals surface area contributed by atoms with E-state index in [2.05, 4.69) is 42.5 Å². The Kier molecular flexibility index (Phi) is 2.02. The number of benzene rings is 4. The van der Waals surface area contributed by atoms with E-state index in [4.69, 9.17) is 0 Å². The van der Waals surface area contributed by atoms with Crippen molar-refractivity contribution < 1.29 is 9.59 Å². The Hall–Kier alpha value is -3.00. The largest absolute Gasteiger partial charge is 0.290 e. The molecule has 0 aliphatic heterocycles. The van der Waals surface area contributed by atoms with E-state index in [-0.39, 0.29) is 17.5 Å². The van der Waals surface area contributed by atoms with Crippen molar-refractivity contribution >= 4 is 50.0 Å². The number of carbonyl (C=O) groups is 2. The van der Waals surface area contributed by atoms with Gasteiger partial charge in [0.1, 0.15) is 0 Å². The number of rotatable bonds is 0. The Bertz CT molecular complexity index is 1310. The molecule has 0 N–H and O–H groups in total. The number of carbonyl (C=O) groups excluding carboxylic acids is 2. The summed E-state index contributed by atoms with van der Waals surface area (Å²) in [5.74, 6) is -0.905. The van der Waals surface area contributed by atoms with E-state index in [9.17, 15) is 9.59 Å². The van der Waals surface area contributed by atoms with Crippen LogP contribution in [0.5, 0.6) is 0 Å². The second-order valence-corrected chi connectivity index (χ2v) is 6.76. The topological polar surface area (TPSA) is 34.1 Å². The van der Waals surface area contributed by atoms with Crippen LogP contribution in [-0.2, 0) is 4.79 Å². The van der Waals surface area contributed by atoms with Crippen molar-refractivity contribution in [2.45, 2.75) is 12.3 Å². The van der Waals surface area contributed by atoms with Gasteiger partial charge in [-0.2, -0.15) is 0 Å². The molecule has 0 spiro atoms. The number of hydrogen-bond donors (Lipinski definition) is 0. The van der Waals surface area contributed by atoms with E-state index in [0.29, 0.717) is 12.0 Å². The lowest BCUT2D eigenvalue weighted by Crippen LogP contribution is -2.30. The lowest BCUT2D eigenvalue weighted by molar-refractivity contribution is -0.116. The molecule has 0 heterocycles. The number of hydrogen-bond acceptors (Lipinski definition) is 2. The maximum Gasteiger partial charge on any atom is 0.229 e. The summed E-state index contributed by atoms with van der Waals surface area (Å²) in [5.41, 5.74) is 1.65. The summed E-state index contributed by atoms with van der Waals surface area (Å²) in [6, 6.07) is 16.4. The highest BCUT2D eigenvalue weighted by Gasteiger charge is 2.38. The first-order valence-corrected chi connectivity index (χ1v) is 8.24. The summed E-state index contributed by atoms with van der Waals surface area (Å²) < 4.78 is 0. The third-order valence-corrected chi connectivity index (χ3v) is 5.68. The summed E-state index contributed by atoms with van der Waals surface area (Å²) >= 11 is 0. The highest BCUT2D eigenvalue weighted by molar-refractivity contribution is 6.51. The van der Waals surface area contributed by atoms with Crippen LogP contribution in [0.25, 0.3) is 38.4 Å². The summed E-state index contributed by atoms with van der Waals surface area (Å²) in [6.07, 6.45) is 2.73. The highest BCUT2D eigenvalue weighted by Crippen LogP contribution is 2.45. The third-order valence-electron chi connectivity index (χ3n) is 5.68. The molecule has 112 valence electrons. The SMILES string of the molecule is O=C1C(=O)C2CC=c3cccc4c3c2c2c1ccc1cccc4c12. The van der Waals surface area contributed by atoms with Crippen LogP contribution < -0.4 is 5.22 Å². The van der Waals surface area contributed by atoms with Crippen LogP contribution in [0.15, 0.2) is 48.5 Å². The van der Waals surface area contributed by atoms with E-state index in [1.807, 2.05) is 12.1 Å². The molecule has 0 amide bonds. The van der Waals surface area contributed by atoms with Gasteiger partial charge in [0.25, 0.3) is 0 Å². The third kappa shape index (κ3) is 1.22. The summed E-state index contributed by atoms with van der Waals surface area (Å²) in [7, 11) is 0. The van der Waals surface area contributed by atoms with Crippen LogP contribution in [0.3, 0.4) is 0 Å². The van der Waals surface area contributed by atoms with Gasteiger partial charge < -0.3 is 0 Å². The fourth-order valence-corrected chi connectivity index (χ4v) is 4.70. The molecular weight excluding hydrogens is 296 g/mol. The Morgan fingerprint density at radius 2 is 1.58 bits per heavy atom. The molecular formula is C22H12O2. The number of fused-ring (bicyclic) bond motifs is 1. The average molecular weight is 308 g/mol. The molecule has 0 radical (unpaired) electrons. The molecule has 2 nitrogen and oxygen atoms in total. The molecule has 4 aromatic rings. The van der Waals surface area contributed by atoms with Crippen LogP contribution in [0.2, 0.25) is 0 Å². The van der Waals surface area contributed by atoms with Gasteiger partial charge in [0.15, 0.2) is 0 Å². The van der Waals surface area contributed by atoms with Gasteiger partial charge in [0.05, 0.1) is 5.92 Å². The predicted octanol–water partition coefficient (Wildman–Crippen LogP) is 3.90. The first-order valence-electron chi connectivity index (χ1n) is 8.24. The van der Waals surface area contributed by atoms with Crippen LogP contribution >= 0.6 is 0 Å². The van der Waals surface area contributed by atoms with Crippen LogP contribution in [0.1, 0.15) is 28.3 Å². The molecule has 2 aliphatic carbocycles. The highest BCUT2D eigenvalue weighted by atomic mass is 16.2. The van der Waals surface area contributed by atoms with Gasteiger partial charge in [-0.15, -0.1) is 0 Å².